The van der Waals surface area contributed by atoms with E-state index in [9.17, 15) is 9.59 Å². The van der Waals surface area contributed by atoms with Crippen LogP contribution in [-0.2, 0) is 18.4 Å². The summed E-state index contributed by atoms with van der Waals surface area (Å²) in [6.45, 7) is 3.56. The fraction of sp³-hybridized carbons (Fsp3) is 0.500. The Morgan fingerprint density at radius 1 is 1.32 bits per heavy atom. The lowest BCUT2D eigenvalue weighted by Crippen LogP contribution is -2.38. The summed E-state index contributed by atoms with van der Waals surface area (Å²) in [5, 5.41) is 7.04. The third-order valence-electron chi connectivity index (χ3n) is 4.83. The Balaban J connectivity index is 1.67. The van der Waals surface area contributed by atoms with E-state index in [0.29, 0.717) is 18.8 Å². The number of piperidine rings is 1. The Morgan fingerprint density at radius 3 is 2.88 bits per heavy atom. The minimum absolute atomic E-state index is 0.0573. The summed E-state index contributed by atoms with van der Waals surface area (Å²) in [6.07, 6.45) is 6.67. The van der Waals surface area contributed by atoms with Gasteiger partial charge in [-0.25, -0.2) is 0 Å². The molecule has 25 heavy (non-hydrogen) atoms. The van der Waals surface area contributed by atoms with Crippen molar-refractivity contribution < 1.29 is 9.59 Å². The van der Waals surface area contributed by atoms with Gasteiger partial charge in [0.1, 0.15) is 5.69 Å². The monoisotopic (exact) mass is 343 g/mol. The number of likely N-dealkylation sites (tertiary alicyclic amines) is 1. The van der Waals surface area contributed by atoms with E-state index >= 15 is 0 Å². The molecule has 7 heteroatoms. The third kappa shape index (κ3) is 3.75. The summed E-state index contributed by atoms with van der Waals surface area (Å²) in [5.41, 5.74) is 1.64. The van der Waals surface area contributed by atoms with E-state index < -0.39 is 0 Å². The highest BCUT2D eigenvalue weighted by Gasteiger charge is 2.28. The maximum absolute atomic E-state index is 12.5. The molecular weight excluding hydrogens is 318 g/mol. The molecule has 3 rings (SSSR count). The van der Waals surface area contributed by atoms with Crippen molar-refractivity contribution in [2.45, 2.75) is 38.8 Å². The van der Waals surface area contributed by atoms with Crippen LogP contribution < -0.4 is 5.32 Å². The van der Waals surface area contributed by atoms with Crippen LogP contribution in [0.25, 0.3) is 0 Å². The van der Waals surface area contributed by atoms with Gasteiger partial charge < -0.3 is 14.8 Å². The number of aromatic nitrogens is 3. The first-order chi connectivity index (χ1) is 12.1. The van der Waals surface area contributed by atoms with E-state index in [1.165, 1.54) is 0 Å². The number of carbonyl (C=O) groups is 2. The minimum atomic E-state index is -0.105. The first-order valence-electron chi connectivity index (χ1n) is 8.76. The van der Waals surface area contributed by atoms with Crippen molar-refractivity contribution in [2.75, 3.05) is 13.1 Å². The third-order valence-corrected chi connectivity index (χ3v) is 4.83. The molecule has 3 heterocycles. The molecule has 1 atom stereocenters. The predicted octanol–water partition coefficient (Wildman–Crippen LogP) is 1.73. The fourth-order valence-electron chi connectivity index (χ4n) is 3.51. The summed E-state index contributed by atoms with van der Waals surface area (Å²) in [7, 11) is 1.89. The summed E-state index contributed by atoms with van der Waals surface area (Å²) >= 11 is 0. The van der Waals surface area contributed by atoms with Crippen molar-refractivity contribution in [2.24, 2.45) is 7.05 Å². The number of hydrogen-bond donors (Lipinski definition) is 1. The molecule has 1 fully saturated rings. The van der Waals surface area contributed by atoms with Crippen LogP contribution in [-0.4, -0.2) is 44.2 Å². The van der Waals surface area contributed by atoms with Gasteiger partial charge in [0.15, 0.2) is 0 Å². The van der Waals surface area contributed by atoms with Crippen LogP contribution in [0.4, 0.5) is 0 Å². The number of hydrogen-bond acceptors (Lipinski definition) is 3. The molecule has 1 N–H and O–H groups in total. The van der Waals surface area contributed by atoms with Gasteiger partial charge in [0.05, 0.1) is 12.6 Å². The molecule has 0 saturated carbocycles. The number of nitrogens with one attached hydrogen (secondary N) is 1. The predicted molar refractivity (Wildman–Crippen MR) is 94.0 cm³/mol. The van der Waals surface area contributed by atoms with Crippen LogP contribution in [0.15, 0.2) is 30.6 Å². The van der Waals surface area contributed by atoms with E-state index in [1.807, 2.05) is 40.9 Å². The molecule has 1 aliphatic rings. The number of amides is 2. The van der Waals surface area contributed by atoms with Crippen molar-refractivity contribution in [1.29, 1.82) is 0 Å². The Morgan fingerprint density at radius 2 is 2.16 bits per heavy atom. The standard InChI is InChI=1S/C18H25N5O2/c1-14(24)23-12-4-3-6-16(23)15-7-8-17(21(15)2)18(25)19-10-13-22-11-5-9-20-22/h5,7-9,11,16H,3-4,6,10,12-13H2,1-2H3,(H,19,25)/t16-/m0/s1. The van der Waals surface area contributed by atoms with Crippen LogP contribution in [0.5, 0.6) is 0 Å². The van der Waals surface area contributed by atoms with E-state index in [4.69, 9.17) is 0 Å². The zero-order valence-electron chi connectivity index (χ0n) is 14.8. The number of carbonyl (C=O) groups excluding carboxylic acids is 2. The summed E-state index contributed by atoms with van der Waals surface area (Å²) in [6, 6.07) is 5.72. The first kappa shape index (κ1) is 17.3. The largest absolute Gasteiger partial charge is 0.349 e. The Hall–Kier alpha value is -2.57. The fourth-order valence-corrected chi connectivity index (χ4v) is 3.51. The maximum Gasteiger partial charge on any atom is 0.267 e. The highest BCUT2D eigenvalue weighted by Crippen LogP contribution is 2.31. The molecule has 2 amide bonds. The summed E-state index contributed by atoms with van der Waals surface area (Å²) < 4.78 is 3.69. The van der Waals surface area contributed by atoms with Crippen LogP contribution in [0.1, 0.15) is 48.4 Å². The van der Waals surface area contributed by atoms with Gasteiger partial charge in [0, 0.05) is 45.1 Å². The summed E-state index contributed by atoms with van der Waals surface area (Å²) in [4.78, 5) is 26.3. The molecule has 134 valence electrons. The van der Waals surface area contributed by atoms with Gasteiger partial charge in [0.2, 0.25) is 5.91 Å². The van der Waals surface area contributed by atoms with Gasteiger partial charge in [-0.2, -0.15) is 5.10 Å². The molecule has 0 aromatic carbocycles. The van der Waals surface area contributed by atoms with E-state index in [1.54, 1.807) is 17.8 Å². The van der Waals surface area contributed by atoms with Gasteiger partial charge in [-0.3, -0.25) is 14.3 Å². The SMILES string of the molecule is CC(=O)N1CCCC[C@H]1c1ccc(C(=O)NCCn2cccn2)n1C. The van der Waals surface area contributed by atoms with Crippen molar-refractivity contribution >= 4 is 11.8 Å². The first-order valence-corrected chi connectivity index (χ1v) is 8.76. The van der Waals surface area contributed by atoms with Crippen LogP contribution in [0.3, 0.4) is 0 Å². The molecule has 0 unspecified atom stereocenters. The number of rotatable bonds is 5. The van der Waals surface area contributed by atoms with Crippen molar-refractivity contribution in [3.05, 3.63) is 42.0 Å². The van der Waals surface area contributed by atoms with Gasteiger partial charge in [-0.15, -0.1) is 0 Å². The van der Waals surface area contributed by atoms with Crippen molar-refractivity contribution in [3.8, 4) is 0 Å². The van der Waals surface area contributed by atoms with Crippen molar-refractivity contribution in [1.82, 2.24) is 24.6 Å². The van der Waals surface area contributed by atoms with E-state index in [2.05, 4.69) is 10.4 Å². The van der Waals surface area contributed by atoms with Crippen LogP contribution >= 0.6 is 0 Å². The maximum atomic E-state index is 12.5. The highest BCUT2D eigenvalue weighted by molar-refractivity contribution is 5.92. The minimum Gasteiger partial charge on any atom is -0.349 e. The quantitative estimate of drug-likeness (QED) is 0.898. The second-order valence-corrected chi connectivity index (χ2v) is 6.45. The zero-order valence-corrected chi connectivity index (χ0v) is 14.8. The van der Waals surface area contributed by atoms with Gasteiger partial charge in [-0.1, -0.05) is 0 Å². The molecule has 7 nitrogen and oxygen atoms in total. The molecule has 2 aromatic heterocycles. The molecule has 0 bridgehead atoms. The van der Waals surface area contributed by atoms with E-state index in [0.717, 1.165) is 31.5 Å². The molecular formula is C18H25N5O2. The Labute approximate surface area is 147 Å². The normalized spacial score (nSPS) is 17.5. The van der Waals surface area contributed by atoms with Crippen LogP contribution in [0, 0.1) is 0 Å². The molecule has 1 aliphatic heterocycles. The van der Waals surface area contributed by atoms with Crippen LogP contribution in [0.2, 0.25) is 0 Å². The smallest absolute Gasteiger partial charge is 0.267 e. The molecule has 0 aliphatic carbocycles. The molecule has 1 saturated heterocycles. The lowest BCUT2D eigenvalue weighted by atomic mass is 9.99. The zero-order chi connectivity index (χ0) is 17.8. The van der Waals surface area contributed by atoms with E-state index in [-0.39, 0.29) is 17.9 Å². The average molecular weight is 343 g/mol. The lowest BCUT2D eigenvalue weighted by Gasteiger charge is -2.35. The summed E-state index contributed by atoms with van der Waals surface area (Å²) in [5.74, 6) is -0.0118. The van der Waals surface area contributed by atoms with Gasteiger partial charge >= 0.3 is 0 Å². The topological polar surface area (TPSA) is 72.2 Å². The molecule has 2 aromatic rings. The van der Waals surface area contributed by atoms with Crippen molar-refractivity contribution in [3.63, 3.8) is 0 Å². The lowest BCUT2D eigenvalue weighted by molar-refractivity contribution is -0.132. The second kappa shape index (κ2) is 7.55. The highest BCUT2D eigenvalue weighted by atomic mass is 16.2. The molecule has 0 spiro atoms. The van der Waals surface area contributed by atoms with Gasteiger partial charge in [0.25, 0.3) is 5.91 Å². The second-order valence-electron chi connectivity index (χ2n) is 6.45. The average Bonchev–Trinajstić information content (AvgIpc) is 3.24. The van der Waals surface area contributed by atoms with Gasteiger partial charge in [-0.05, 0) is 37.5 Å². The Kier molecular flexibility index (Phi) is 5.21. The number of nitrogens with zero attached hydrogens (tertiary/aromatic N) is 4. The Bertz CT molecular complexity index is 735. The molecule has 0 radical (unpaired) electrons.